The van der Waals surface area contributed by atoms with Gasteiger partial charge in [0.25, 0.3) is 0 Å². The largest absolute Gasteiger partial charge is 0.477 e. The van der Waals surface area contributed by atoms with E-state index in [2.05, 4.69) is 10.3 Å². The minimum Gasteiger partial charge on any atom is -0.477 e. The van der Waals surface area contributed by atoms with E-state index in [4.69, 9.17) is 23.2 Å². The van der Waals surface area contributed by atoms with Gasteiger partial charge in [-0.25, -0.2) is 4.79 Å². The average Bonchev–Trinajstić information content (AvgIpc) is 2.93. The van der Waals surface area contributed by atoms with Crippen LogP contribution in [-0.4, -0.2) is 22.0 Å². The number of aromatic amines is 1. The standard InChI is InChI=1S/C18H14Cl2N2O3/c19-10-8-13(20)16-12(17(18(24)25)22-14(16)9-10)6-7-15(23)21-11-4-2-1-3-5-11/h1-5,8-9,22H,6-7H2,(H,21,23)(H,24,25). The topological polar surface area (TPSA) is 82.2 Å². The molecule has 5 nitrogen and oxygen atoms in total. The van der Waals surface area contributed by atoms with Crippen LogP contribution in [0.2, 0.25) is 10.0 Å². The molecule has 3 N–H and O–H groups in total. The van der Waals surface area contributed by atoms with Crippen LogP contribution in [0.3, 0.4) is 0 Å². The number of anilines is 1. The molecule has 0 atom stereocenters. The Kier molecular flexibility index (Phi) is 4.97. The zero-order valence-electron chi connectivity index (χ0n) is 13.0. The van der Waals surface area contributed by atoms with Crippen molar-refractivity contribution in [1.82, 2.24) is 4.98 Å². The molecule has 0 radical (unpaired) electrons. The van der Waals surface area contributed by atoms with E-state index in [1.807, 2.05) is 18.2 Å². The number of amides is 1. The van der Waals surface area contributed by atoms with Gasteiger partial charge < -0.3 is 15.4 Å². The third-order valence-electron chi connectivity index (χ3n) is 3.79. The number of carboxylic acid groups (broad SMARTS) is 1. The van der Waals surface area contributed by atoms with E-state index in [9.17, 15) is 14.7 Å². The van der Waals surface area contributed by atoms with Crippen LogP contribution in [0.1, 0.15) is 22.5 Å². The van der Waals surface area contributed by atoms with Gasteiger partial charge in [-0.05, 0) is 36.2 Å². The number of hydrogen-bond acceptors (Lipinski definition) is 2. The molecule has 0 saturated carbocycles. The second-order valence-corrected chi connectivity index (χ2v) is 6.35. The molecule has 0 fully saturated rings. The molecule has 128 valence electrons. The monoisotopic (exact) mass is 376 g/mol. The molecule has 3 rings (SSSR count). The molecular weight excluding hydrogens is 363 g/mol. The Morgan fingerprint density at radius 2 is 1.84 bits per heavy atom. The predicted octanol–water partition coefficient (Wildman–Crippen LogP) is 4.74. The summed E-state index contributed by atoms with van der Waals surface area (Å²) in [5, 5.41) is 13.5. The van der Waals surface area contributed by atoms with E-state index in [0.717, 1.165) is 0 Å². The van der Waals surface area contributed by atoms with E-state index in [1.54, 1.807) is 24.3 Å². The maximum atomic E-state index is 12.1. The number of nitrogens with one attached hydrogen (secondary N) is 2. The summed E-state index contributed by atoms with van der Waals surface area (Å²) in [5.74, 6) is -1.32. The maximum absolute atomic E-state index is 12.1. The van der Waals surface area contributed by atoms with Gasteiger partial charge in [-0.3, -0.25) is 4.79 Å². The van der Waals surface area contributed by atoms with Crippen molar-refractivity contribution in [3.63, 3.8) is 0 Å². The molecule has 0 saturated heterocycles. The maximum Gasteiger partial charge on any atom is 0.352 e. The second-order valence-electron chi connectivity index (χ2n) is 5.51. The van der Waals surface area contributed by atoms with E-state index >= 15 is 0 Å². The first-order valence-electron chi connectivity index (χ1n) is 7.53. The highest BCUT2D eigenvalue weighted by Gasteiger charge is 2.20. The van der Waals surface area contributed by atoms with E-state index in [0.29, 0.717) is 32.2 Å². The van der Waals surface area contributed by atoms with Crippen LogP contribution >= 0.6 is 23.2 Å². The molecule has 0 bridgehead atoms. The normalized spacial score (nSPS) is 10.8. The lowest BCUT2D eigenvalue weighted by Crippen LogP contribution is -2.13. The third-order valence-corrected chi connectivity index (χ3v) is 4.31. The van der Waals surface area contributed by atoms with Crippen molar-refractivity contribution in [2.45, 2.75) is 12.8 Å². The Morgan fingerprint density at radius 3 is 2.52 bits per heavy atom. The summed E-state index contributed by atoms with van der Waals surface area (Å²) in [6.07, 6.45) is 0.364. The summed E-state index contributed by atoms with van der Waals surface area (Å²) in [4.78, 5) is 26.5. The zero-order valence-corrected chi connectivity index (χ0v) is 14.5. The Labute approximate surface area is 153 Å². The first-order valence-corrected chi connectivity index (χ1v) is 8.29. The first-order chi connectivity index (χ1) is 12.0. The summed E-state index contributed by atoms with van der Waals surface area (Å²) in [6.45, 7) is 0. The minimum absolute atomic E-state index is 0.0201. The summed E-state index contributed by atoms with van der Waals surface area (Å²) in [6, 6.07) is 12.2. The molecule has 2 aromatic carbocycles. The van der Waals surface area contributed by atoms with Crippen molar-refractivity contribution >= 4 is 51.7 Å². The highest BCUT2D eigenvalue weighted by atomic mass is 35.5. The lowest BCUT2D eigenvalue weighted by atomic mass is 10.0. The SMILES string of the molecule is O=C(CCc1c(C(=O)O)[nH]c2cc(Cl)cc(Cl)c12)Nc1ccccc1. The average molecular weight is 377 g/mol. The molecule has 3 aromatic rings. The van der Waals surface area contributed by atoms with Gasteiger partial charge in [0.05, 0.1) is 5.02 Å². The van der Waals surface area contributed by atoms with Gasteiger partial charge in [0.2, 0.25) is 5.91 Å². The number of rotatable bonds is 5. The number of aromatic carboxylic acids is 1. The first kappa shape index (κ1) is 17.3. The van der Waals surface area contributed by atoms with Crippen LogP contribution in [0.15, 0.2) is 42.5 Å². The fraction of sp³-hybridized carbons (Fsp3) is 0.111. The molecule has 0 spiro atoms. The number of halogens is 2. The van der Waals surface area contributed by atoms with Crippen molar-refractivity contribution in [2.24, 2.45) is 0 Å². The fourth-order valence-corrected chi connectivity index (χ4v) is 3.34. The lowest BCUT2D eigenvalue weighted by Gasteiger charge is -2.06. The molecule has 0 aliphatic rings. The molecule has 25 heavy (non-hydrogen) atoms. The molecule has 0 aliphatic carbocycles. The molecule has 7 heteroatoms. The number of carbonyl (C=O) groups excluding carboxylic acids is 1. The molecular formula is C18H14Cl2N2O3. The van der Waals surface area contributed by atoms with Crippen molar-refractivity contribution in [1.29, 1.82) is 0 Å². The summed E-state index contributed by atoms with van der Waals surface area (Å²) in [7, 11) is 0. The number of hydrogen-bond donors (Lipinski definition) is 3. The fourth-order valence-electron chi connectivity index (χ4n) is 2.73. The van der Waals surface area contributed by atoms with Gasteiger partial charge in [0.1, 0.15) is 5.69 Å². The number of carboxylic acids is 1. The summed E-state index contributed by atoms with van der Waals surface area (Å²) >= 11 is 12.2. The van der Waals surface area contributed by atoms with Gasteiger partial charge in [0, 0.05) is 28.0 Å². The van der Waals surface area contributed by atoms with E-state index in [-0.39, 0.29) is 24.4 Å². The van der Waals surface area contributed by atoms with Crippen LogP contribution in [-0.2, 0) is 11.2 Å². The van der Waals surface area contributed by atoms with Crippen molar-refractivity contribution in [3.8, 4) is 0 Å². The van der Waals surface area contributed by atoms with Crippen molar-refractivity contribution < 1.29 is 14.7 Å². The number of aromatic nitrogens is 1. The number of carbonyl (C=O) groups is 2. The smallest absolute Gasteiger partial charge is 0.352 e. The van der Waals surface area contributed by atoms with E-state index in [1.165, 1.54) is 0 Å². The number of aryl methyl sites for hydroxylation is 1. The second kappa shape index (κ2) is 7.17. The summed E-state index contributed by atoms with van der Waals surface area (Å²) in [5.41, 5.74) is 1.74. The molecule has 0 aliphatic heterocycles. The number of H-pyrrole nitrogens is 1. The Balaban J connectivity index is 1.86. The third kappa shape index (κ3) is 3.78. The predicted molar refractivity (Wildman–Crippen MR) is 98.7 cm³/mol. The van der Waals surface area contributed by atoms with Gasteiger partial charge in [0.15, 0.2) is 0 Å². The highest BCUT2D eigenvalue weighted by Crippen LogP contribution is 2.33. The molecule has 1 aromatic heterocycles. The Bertz CT molecular complexity index is 952. The van der Waals surface area contributed by atoms with Crippen LogP contribution in [0, 0.1) is 0 Å². The zero-order chi connectivity index (χ0) is 18.0. The molecule has 1 amide bonds. The van der Waals surface area contributed by atoms with Crippen molar-refractivity contribution in [2.75, 3.05) is 5.32 Å². The molecule has 0 unspecified atom stereocenters. The number of para-hydroxylation sites is 1. The van der Waals surface area contributed by atoms with Crippen LogP contribution in [0.4, 0.5) is 5.69 Å². The van der Waals surface area contributed by atoms with Gasteiger partial charge in [-0.1, -0.05) is 41.4 Å². The van der Waals surface area contributed by atoms with Crippen LogP contribution in [0.5, 0.6) is 0 Å². The van der Waals surface area contributed by atoms with Crippen LogP contribution < -0.4 is 5.32 Å². The van der Waals surface area contributed by atoms with Gasteiger partial charge >= 0.3 is 5.97 Å². The Hall–Kier alpha value is -2.50. The minimum atomic E-state index is -1.11. The van der Waals surface area contributed by atoms with Gasteiger partial charge in [-0.2, -0.15) is 0 Å². The lowest BCUT2D eigenvalue weighted by molar-refractivity contribution is -0.116. The Morgan fingerprint density at radius 1 is 1.12 bits per heavy atom. The van der Waals surface area contributed by atoms with Crippen molar-refractivity contribution in [3.05, 3.63) is 63.8 Å². The number of fused-ring (bicyclic) bond motifs is 1. The molecule has 1 heterocycles. The summed E-state index contributed by atoms with van der Waals surface area (Å²) < 4.78 is 0. The quantitative estimate of drug-likeness (QED) is 0.600. The van der Waals surface area contributed by atoms with Gasteiger partial charge in [-0.15, -0.1) is 0 Å². The highest BCUT2D eigenvalue weighted by molar-refractivity contribution is 6.39. The number of benzene rings is 2. The van der Waals surface area contributed by atoms with Crippen LogP contribution in [0.25, 0.3) is 10.9 Å². The van der Waals surface area contributed by atoms with E-state index < -0.39 is 5.97 Å².